The fourth-order valence-electron chi connectivity index (χ4n) is 2.38. The van der Waals surface area contributed by atoms with Crippen molar-refractivity contribution in [3.63, 3.8) is 0 Å². The summed E-state index contributed by atoms with van der Waals surface area (Å²) in [7, 11) is -3.54. The molecule has 1 atom stereocenters. The van der Waals surface area contributed by atoms with E-state index in [0.717, 1.165) is 13.1 Å². The van der Waals surface area contributed by atoms with E-state index < -0.39 is 10.0 Å². The largest absolute Gasteiger partial charge is 0.333 e. The van der Waals surface area contributed by atoms with Gasteiger partial charge in [-0.2, -0.15) is 0 Å². The van der Waals surface area contributed by atoms with Gasteiger partial charge in [0.05, 0.1) is 4.90 Å². The van der Waals surface area contributed by atoms with E-state index >= 15 is 0 Å². The number of sulfonamides is 1. The molecule has 1 aliphatic heterocycles. The van der Waals surface area contributed by atoms with E-state index in [9.17, 15) is 13.2 Å². The highest BCUT2D eigenvalue weighted by atomic mass is 35.5. The van der Waals surface area contributed by atoms with Crippen molar-refractivity contribution in [3.05, 3.63) is 29.8 Å². The van der Waals surface area contributed by atoms with Crippen LogP contribution in [0.1, 0.15) is 24.2 Å². The van der Waals surface area contributed by atoms with Crippen molar-refractivity contribution in [1.29, 1.82) is 0 Å². The zero-order valence-electron chi connectivity index (χ0n) is 12.7. The Hall–Kier alpha value is -1.15. The normalized spacial score (nSPS) is 18.6. The highest BCUT2D eigenvalue weighted by Crippen LogP contribution is 2.15. The van der Waals surface area contributed by atoms with Crippen molar-refractivity contribution in [2.45, 2.75) is 24.8 Å². The van der Waals surface area contributed by atoms with Crippen LogP contribution in [-0.2, 0) is 10.0 Å². The van der Waals surface area contributed by atoms with E-state index in [1.54, 1.807) is 24.0 Å². The summed E-state index contributed by atoms with van der Waals surface area (Å²) in [6, 6.07) is 6.29. The number of hydrogen-bond donors (Lipinski definition) is 2. The summed E-state index contributed by atoms with van der Waals surface area (Å²) in [6.45, 7) is 6.14. The number of hydrogen-bond acceptors (Lipinski definition) is 4. The summed E-state index contributed by atoms with van der Waals surface area (Å²) in [5.41, 5.74) is 0.405. The molecular weight excluding hydrogens is 326 g/mol. The molecule has 1 heterocycles. The van der Waals surface area contributed by atoms with Crippen LogP contribution in [0.15, 0.2) is 29.2 Å². The quantitative estimate of drug-likeness (QED) is 0.846. The molecule has 2 rings (SSSR count). The van der Waals surface area contributed by atoms with Gasteiger partial charge in [0.15, 0.2) is 0 Å². The van der Waals surface area contributed by atoms with Crippen LogP contribution in [-0.4, -0.2) is 51.4 Å². The fraction of sp³-hybridized carbons (Fsp3) is 0.500. The summed E-state index contributed by atoms with van der Waals surface area (Å²) >= 11 is 0. The Bertz CT molecular complexity index is 622. The highest BCUT2D eigenvalue weighted by molar-refractivity contribution is 7.89. The molecule has 0 bridgehead atoms. The third-order valence-corrected chi connectivity index (χ3v) is 5.03. The van der Waals surface area contributed by atoms with Crippen LogP contribution in [0.2, 0.25) is 0 Å². The number of nitrogens with zero attached hydrogens (tertiary/aromatic N) is 1. The molecule has 22 heavy (non-hydrogen) atoms. The molecule has 0 radical (unpaired) electrons. The van der Waals surface area contributed by atoms with Crippen molar-refractivity contribution in [1.82, 2.24) is 14.9 Å². The molecule has 1 aromatic carbocycles. The van der Waals surface area contributed by atoms with Crippen LogP contribution in [0.3, 0.4) is 0 Å². The minimum absolute atomic E-state index is 0. The van der Waals surface area contributed by atoms with Gasteiger partial charge < -0.3 is 10.2 Å². The number of halogens is 1. The monoisotopic (exact) mass is 347 g/mol. The third kappa shape index (κ3) is 4.19. The highest BCUT2D eigenvalue weighted by Gasteiger charge is 2.25. The Balaban J connectivity index is 0.00000242. The molecule has 0 spiro atoms. The summed E-state index contributed by atoms with van der Waals surface area (Å²) in [5.74, 6) is -0.127. The summed E-state index contributed by atoms with van der Waals surface area (Å²) < 4.78 is 26.4. The van der Waals surface area contributed by atoms with Gasteiger partial charge in [-0.3, -0.25) is 4.79 Å². The van der Waals surface area contributed by atoms with Crippen LogP contribution >= 0.6 is 12.4 Å². The van der Waals surface area contributed by atoms with Crippen molar-refractivity contribution >= 4 is 28.3 Å². The van der Waals surface area contributed by atoms with Crippen molar-refractivity contribution in [2.75, 3.05) is 26.2 Å². The van der Waals surface area contributed by atoms with Gasteiger partial charge in [0.2, 0.25) is 10.0 Å². The Morgan fingerprint density at radius 1 is 1.45 bits per heavy atom. The average molecular weight is 348 g/mol. The Labute approximate surface area is 137 Å². The minimum Gasteiger partial charge on any atom is -0.333 e. The van der Waals surface area contributed by atoms with Crippen molar-refractivity contribution < 1.29 is 13.2 Å². The number of piperazine rings is 1. The lowest BCUT2D eigenvalue weighted by Crippen LogP contribution is -2.52. The van der Waals surface area contributed by atoms with Gasteiger partial charge >= 0.3 is 0 Å². The Morgan fingerprint density at radius 2 is 2.18 bits per heavy atom. The standard InChI is InChI=1S/C14H21N3O3S.ClH/c1-3-16-21(19,20)13-6-4-5-12(9-13)14(18)17-8-7-15-10-11(17)2;/h4-6,9,11,15-16H,3,7-8,10H2,1-2H3;1H/t11-;/m1./s1. The Morgan fingerprint density at radius 3 is 2.82 bits per heavy atom. The van der Waals surface area contributed by atoms with Gasteiger partial charge in [0.25, 0.3) is 5.91 Å². The van der Waals surface area contributed by atoms with Crippen LogP contribution in [0, 0.1) is 0 Å². The second kappa shape index (κ2) is 7.92. The topological polar surface area (TPSA) is 78.5 Å². The first-order chi connectivity index (χ1) is 9.95. The number of amides is 1. The molecule has 1 saturated heterocycles. The third-order valence-electron chi connectivity index (χ3n) is 3.49. The van der Waals surface area contributed by atoms with Gasteiger partial charge in [-0.1, -0.05) is 13.0 Å². The second-order valence-electron chi connectivity index (χ2n) is 5.08. The number of rotatable bonds is 4. The molecule has 0 aliphatic carbocycles. The van der Waals surface area contributed by atoms with Gasteiger partial charge in [-0.25, -0.2) is 13.1 Å². The second-order valence-corrected chi connectivity index (χ2v) is 6.85. The molecule has 0 unspecified atom stereocenters. The van der Waals surface area contributed by atoms with Crippen LogP contribution in [0.25, 0.3) is 0 Å². The van der Waals surface area contributed by atoms with E-state index in [0.29, 0.717) is 18.7 Å². The van der Waals surface area contributed by atoms with Crippen molar-refractivity contribution in [3.8, 4) is 0 Å². The SMILES string of the molecule is CCNS(=O)(=O)c1cccc(C(=O)N2CCNC[C@H]2C)c1.Cl. The molecule has 1 fully saturated rings. The first-order valence-corrected chi connectivity index (χ1v) is 8.55. The van der Waals surface area contributed by atoms with Crippen LogP contribution in [0.4, 0.5) is 0 Å². The maximum absolute atomic E-state index is 12.5. The lowest BCUT2D eigenvalue weighted by molar-refractivity contribution is 0.0655. The van der Waals surface area contributed by atoms with Crippen LogP contribution < -0.4 is 10.0 Å². The predicted molar refractivity (Wildman–Crippen MR) is 87.9 cm³/mol. The minimum atomic E-state index is -3.54. The molecule has 2 N–H and O–H groups in total. The Kier molecular flexibility index (Phi) is 6.80. The van der Waals surface area contributed by atoms with Gasteiger partial charge in [-0.15, -0.1) is 12.4 Å². The van der Waals surface area contributed by atoms with Gasteiger partial charge in [0.1, 0.15) is 0 Å². The van der Waals surface area contributed by atoms with E-state index in [1.807, 2.05) is 6.92 Å². The zero-order chi connectivity index (χ0) is 15.5. The predicted octanol–water partition coefficient (Wildman–Crippen LogP) is 0.841. The van der Waals surface area contributed by atoms with E-state index in [1.165, 1.54) is 12.1 Å². The van der Waals surface area contributed by atoms with E-state index in [-0.39, 0.29) is 29.3 Å². The van der Waals surface area contributed by atoms with E-state index in [2.05, 4.69) is 10.0 Å². The number of carbonyl (C=O) groups is 1. The number of benzene rings is 1. The average Bonchev–Trinajstić information content (AvgIpc) is 2.47. The lowest BCUT2D eigenvalue weighted by atomic mass is 10.1. The molecular formula is C14H22ClN3O3S. The van der Waals surface area contributed by atoms with Gasteiger partial charge in [0, 0.05) is 37.8 Å². The lowest BCUT2D eigenvalue weighted by Gasteiger charge is -2.34. The smallest absolute Gasteiger partial charge is 0.254 e. The molecule has 8 heteroatoms. The first-order valence-electron chi connectivity index (χ1n) is 7.07. The molecule has 0 saturated carbocycles. The molecule has 6 nitrogen and oxygen atoms in total. The molecule has 1 aromatic rings. The zero-order valence-corrected chi connectivity index (χ0v) is 14.3. The van der Waals surface area contributed by atoms with E-state index in [4.69, 9.17) is 0 Å². The maximum atomic E-state index is 12.5. The van der Waals surface area contributed by atoms with Gasteiger partial charge in [-0.05, 0) is 25.1 Å². The fourth-order valence-corrected chi connectivity index (χ4v) is 3.46. The first kappa shape index (κ1) is 18.9. The molecule has 124 valence electrons. The summed E-state index contributed by atoms with van der Waals surface area (Å²) in [4.78, 5) is 14.4. The molecule has 1 amide bonds. The van der Waals surface area contributed by atoms with Crippen LogP contribution in [0.5, 0.6) is 0 Å². The summed E-state index contributed by atoms with van der Waals surface area (Å²) in [6.07, 6.45) is 0. The summed E-state index contributed by atoms with van der Waals surface area (Å²) in [5, 5.41) is 3.22. The van der Waals surface area contributed by atoms with Crippen molar-refractivity contribution in [2.24, 2.45) is 0 Å². The number of nitrogens with one attached hydrogen (secondary N) is 2. The molecule has 0 aromatic heterocycles. The number of carbonyl (C=O) groups excluding carboxylic acids is 1. The maximum Gasteiger partial charge on any atom is 0.254 e. The molecule has 1 aliphatic rings.